The average Bonchev–Trinajstić information content (AvgIpc) is 2.84. The second-order valence-electron chi connectivity index (χ2n) is 4.36. The molecule has 7 heteroatoms. The van der Waals surface area contributed by atoms with Gasteiger partial charge in [-0.15, -0.1) is 0 Å². The zero-order valence-electron chi connectivity index (χ0n) is 10.3. The second kappa shape index (κ2) is 4.86. The Kier molecular flexibility index (Phi) is 3.03. The summed E-state index contributed by atoms with van der Waals surface area (Å²) in [6.45, 7) is 0.131. The molecule has 1 atom stereocenters. The van der Waals surface area contributed by atoms with Crippen molar-refractivity contribution < 1.29 is 9.50 Å². The molecule has 0 aliphatic carbocycles. The van der Waals surface area contributed by atoms with Gasteiger partial charge < -0.3 is 10.1 Å². The number of aromatic amines is 1. The molecular weight excluding hydrogens is 263 g/mol. The maximum absolute atomic E-state index is 12.8. The number of hydrogen-bond acceptors (Lipinski definition) is 4. The van der Waals surface area contributed by atoms with E-state index in [0.29, 0.717) is 16.6 Å². The van der Waals surface area contributed by atoms with Crippen LogP contribution in [0.3, 0.4) is 0 Å². The van der Waals surface area contributed by atoms with Crippen LogP contribution in [0.4, 0.5) is 4.39 Å². The predicted octanol–water partition coefficient (Wildman–Crippen LogP) is 0.992. The lowest BCUT2D eigenvalue weighted by molar-refractivity contribution is 0.153. The van der Waals surface area contributed by atoms with Crippen molar-refractivity contribution in [2.45, 2.75) is 12.6 Å². The highest BCUT2D eigenvalue weighted by atomic mass is 19.1. The number of rotatable bonds is 3. The van der Waals surface area contributed by atoms with Crippen LogP contribution >= 0.6 is 0 Å². The van der Waals surface area contributed by atoms with Crippen LogP contribution in [0, 0.1) is 5.82 Å². The van der Waals surface area contributed by atoms with Crippen LogP contribution in [0.2, 0.25) is 0 Å². The third-order valence-corrected chi connectivity index (χ3v) is 3.04. The van der Waals surface area contributed by atoms with Crippen molar-refractivity contribution in [3.05, 3.63) is 58.5 Å². The molecule has 20 heavy (non-hydrogen) atoms. The minimum atomic E-state index is -0.861. The van der Waals surface area contributed by atoms with E-state index in [-0.39, 0.29) is 17.9 Å². The fraction of sp³-hybridized carbons (Fsp3) is 0.154. The lowest BCUT2D eigenvalue weighted by Gasteiger charge is -2.11. The molecule has 3 aromatic rings. The summed E-state index contributed by atoms with van der Waals surface area (Å²) >= 11 is 0. The topological polar surface area (TPSA) is 83.8 Å². The zero-order valence-corrected chi connectivity index (χ0v) is 10.3. The van der Waals surface area contributed by atoms with E-state index in [9.17, 15) is 14.3 Å². The quantitative estimate of drug-likeness (QED) is 0.746. The van der Waals surface area contributed by atoms with Crippen LogP contribution in [0.5, 0.6) is 0 Å². The van der Waals surface area contributed by atoms with E-state index < -0.39 is 6.10 Å². The Morgan fingerprint density at radius 1 is 1.35 bits per heavy atom. The lowest BCUT2D eigenvalue weighted by atomic mass is 10.1. The van der Waals surface area contributed by atoms with Crippen LogP contribution in [0.15, 0.2) is 41.6 Å². The first-order chi connectivity index (χ1) is 9.65. The SMILES string of the molecule is O=c1[nH]cnc2c1cnn2CC(O)c1ccc(F)cc1. The molecule has 0 amide bonds. The number of benzene rings is 1. The number of hydrogen-bond donors (Lipinski definition) is 2. The molecular formula is C13H11FN4O2. The van der Waals surface area contributed by atoms with Gasteiger partial charge in [0.05, 0.1) is 25.2 Å². The van der Waals surface area contributed by atoms with Gasteiger partial charge in [0.15, 0.2) is 5.65 Å². The molecule has 0 bridgehead atoms. The highest BCUT2D eigenvalue weighted by Crippen LogP contribution is 2.17. The van der Waals surface area contributed by atoms with Crippen LogP contribution in [-0.4, -0.2) is 24.9 Å². The highest BCUT2D eigenvalue weighted by Gasteiger charge is 2.13. The normalized spacial score (nSPS) is 12.7. The number of halogens is 1. The number of nitrogens with zero attached hydrogens (tertiary/aromatic N) is 3. The Morgan fingerprint density at radius 3 is 2.85 bits per heavy atom. The van der Waals surface area contributed by atoms with Crippen molar-refractivity contribution in [3.8, 4) is 0 Å². The number of fused-ring (bicyclic) bond motifs is 1. The fourth-order valence-electron chi connectivity index (χ4n) is 1.99. The first kappa shape index (κ1) is 12.5. The molecule has 2 aromatic heterocycles. The Bertz CT molecular complexity index is 794. The van der Waals surface area contributed by atoms with Crippen molar-refractivity contribution in [2.75, 3.05) is 0 Å². The van der Waals surface area contributed by atoms with E-state index in [0.717, 1.165) is 0 Å². The molecule has 2 heterocycles. The van der Waals surface area contributed by atoms with Crippen LogP contribution < -0.4 is 5.56 Å². The van der Waals surface area contributed by atoms with Gasteiger partial charge in [0.1, 0.15) is 11.2 Å². The summed E-state index contributed by atoms with van der Waals surface area (Å²) in [6, 6.07) is 5.57. The van der Waals surface area contributed by atoms with Crippen molar-refractivity contribution in [1.29, 1.82) is 0 Å². The van der Waals surface area contributed by atoms with Gasteiger partial charge in [-0.05, 0) is 17.7 Å². The van der Waals surface area contributed by atoms with E-state index in [1.54, 1.807) is 0 Å². The smallest absolute Gasteiger partial charge is 0.261 e. The van der Waals surface area contributed by atoms with E-state index in [4.69, 9.17) is 0 Å². The van der Waals surface area contributed by atoms with Crippen molar-refractivity contribution in [3.63, 3.8) is 0 Å². The van der Waals surface area contributed by atoms with Crippen molar-refractivity contribution >= 4 is 11.0 Å². The Labute approximate surface area is 112 Å². The third-order valence-electron chi connectivity index (χ3n) is 3.04. The molecule has 0 aliphatic rings. The molecule has 0 saturated carbocycles. The summed E-state index contributed by atoms with van der Waals surface area (Å²) < 4.78 is 14.3. The third kappa shape index (κ3) is 2.19. The Morgan fingerprint density at radius 2 is 2.10 bits per heavy atom. The molecule has 0 aliphatic heterocycles. The number of aliphatic hydroxyl groups excluding tert-OH is 1. The van der Waals surface area contributed by atoms with Crippen LogP contribution in [0.1, 0.15) is 11.7 Å². The molecule has 1 unspecified atom stereocenters. The van der Waals surface area contributed by atoms with Gasteiger partial charge in [0.25, 0.3) is 5.56 Å². The van der Waals surface area contributed by atoms with Crippen molar-refractivity contribution in [2.24, 2.45) is 0 Å². The highest BCUT2D eigenvalue weighted by molar-refractivity contribution is 5.72. The maximum Gasteiger partial charge on any atom is 0.261 e. The van der Waals surface area contributed by atoms with Gasteiger partial charge in [0, 0.05) is 0 Å². The number of nitrogens with one attached hydrogen (secondary N) is 1. The second-order valence-corrected chi connectivity index (χ2v) is 4.36. The number of aliphatic hydroxyl groups is 1. The summed E-state index contributed by atoms with van der Waals surface area (Å²) in [5, 5.41) is 14.5. The lowest BCUT2D eigenvalue weighted by Crippen LogP contribution is -2.12. The molecule has 2 N–H and O–H groups in total. The Balaban J connectivity index is 1.91. The molecule has 1 aromatic carbocycles. The zero-order chi connectivity index (χ0) is 14.1. The summed E-state index contributed by atoms with van der Waals surface area (Å²) in [5.74, 6) is -0.362. The first-order valence-electron chi connectivity index (χ1n) is 5.98. The van der Waals surface area contributed by atoms with Crippen LogP contribution in [-0.2, 0) is 6.54 Å². The average molecular weight is 274 g/mol. The number of H-pyrrole nitrogens is 1. The summed E-state index contributed by atoms with van der Waals surface area (Å²) in [7, 11) is 0. The minimum absolute atomic E-state index is 0.131. The largest absolute Gasteiger partial charge is 0.386 e. The molecule has 102 valence electrons. The van der Waals surface area contributed by atoms with Gasteiger partial charge in [-0.1, -0.05) is 12.1 Å². The molecule has 0 fully saturated rings. The summed E-state index contributed by atoms with van der Waals surface area (Å²) in [4.78, 5) is 18.0. The maximum atomic E-state index is 12.8. The first-order valence-corrected chi connectivity index (χ1v) is 5.98. The summed E-state index contributed by atoms with van der Waals surface area (Å²) in [5.41, 5.74) is 0.687. The van der Waals surface area contributed by atoms with Crippen LogP contribution in [0.25, 0.3) is 11.0 Å². The standard InChI is InChI=1S/C13H11FN4O2/c14-9-3-1-8(2-4-9)11(19)6-18-12-10(5-17-18)13(20)16-7-15-12/h1-5,7,11,19H,6H2,(H,15,16,20). The van der Waals surface area contributed by atoms with E-state index in [1.807, 2.05) is 0 Å². The van der Waals surface area contributed by atoms with E-state index >= 15 is 0 Å². The van der Waals surface area contributed by atoms with E-state index in [1.165, 1.54) is 41.5 Å². The predicted molar refractivity (Wildman–Crippen MR) is 69.5 cm³/mol. The number of aromatic nitrogens is 4. The molecule has 3 rings (SSSR count). The molecule has 0 saturated heterocycles. The summed E-state index contributed by atoms with van der Waals surface area (Å²) in [6.07, 6.45) is 1.82. The van der Waals surface area contributed by atoms with E-state index in [2.05, 4.69) is 15.1 Å². The minimum Gasteiger partial charge on any atom is -0.386 e. The van der Waals surface area contributed by atoms with Gasteiger partial charge in [-0.25, -0.2) is 14.1 Å². The van der Waals surface area contributed by atoms with Crippen molar-refractivity contribution in [1.82, 2.24) is 19.7 Å². The Hall–Kier alpha value is -2.54. The van der Waals surface area contributed by atoms with Gasteiger partial charge in [-0.3, -0.25) is 4.79 Å². The van der Waals surface area contributed by atoms with Gasteiger partial charge >= 0.3 is 0 Å². The van der Waals surface area contributed by atoms with Gasteiger partial charge in [-0.2, -0.15) is 5.10 Å². The monoisotopic (exact) mass is 274 g/mol. The van der Waals surface area contributed by atoms with Gasteiger partial charge in [0.2, 0.25) is 0 Å². The molecule has 0 radical (unpaired) electrons. The molecule has 6 nitrogen and oxygen atoms in total. The fourth-order valence-corrected chi connectivity index (χ4v) is 1.99. The molecule has 0 spiro atoms.